The van der Waals surface area contributed by atoms with Gasteiger partial charge in [0.2, 0.25) is 0 Å². The van der Waals surface area contributed by atoms with Crippen molar-refractivity contribution in [1.82, 2.24) is 0 Å². The van der Waals surface area contributed by atoms with Gasteiger partial charge >= 0.3 is 11.9 Å². The van der Waals surface area contributed by atoms with Crippen LogP contribution in [0, 0.1) is 10.8 Å². The third-order valence-electron chi connectivity index (χ3n) is 6.53. The Kier molecular flexibility index (Phi) is 11.9. The van der Waals surface area contributed by atoms with Crippen molar-refractivity contribution in [3.8, 4) is 0 Å². The first-order chi connectivity index (χ1) is 14.0. The lowest BCUT2D eigenvalue weighted by Gasteiger charge is -2.43. The largest absolute Gasteiger partial charge is 0.481 e. The minimum atomic E-state index is -1.35. The molecule has 1 aliphatic rings. The molecule has 0 spiro atoms. The van der Waals surface area contributed by atoms with E-state index in [2.05, 4.69) is 13.8 Å². The van der Waals surface area contributed by atoms with E-state index in [9.17, 15) is 19.8 Å². The quantitative estimate of drug-likeness (QED) is 0.252. The smallest absolute Gasteiger partial charge is 0.315 e. The second-order valence-electron chi connectivity index (χ2n) is 8.66. The highest BCUT2D eigenvalue weighted by Crippen LogP contribution is 2.52. The normalized spacial score (nSPS) is 23.4. The van der Waals surface area contributed by atoms with E-state index >= 15 is 0 Å². The lowest BCUT2D eigenvalue weighted by molar-refractivity contribution is -0.167. The number of carboxylic acid groups (broad SMARTS) is 2. The molecule has 2 unspecified atom stereocenters. The fourth-order valence-electron chi connectivity index (χ4n) is 4.63. The zero-order chi connectivity index (χ0) is 21.6. The van der Waals surface area contributed by atoms with Crippen LogP contribution in [0.2, 0.25) is 0 Å². The number of aliphatic carboxylic acids is 2. The van der Waals surface area contributed by atoms with Crippen LogP contribution in [0.1, 0.15) is 110 Å². The van der Waals surface area contributed by atoms with Crippen LogP contribution in [0.25, 0.3) is 0 Å². The maximum absolute atomic E-state index is 12.4. The summed E-state index contributed by atoms with van der Waals surface area (Å²) < 4.78 is 0. The van der Waals surface area contributed by atoms with Gasteiger partial charge < -0.3 is 10.2 Å². The van der Waals surface area contributed by atoms with Gasteiger partial charge in [0.15, 0.2) is 0 Å². The zero-order valence-corrected chi connectivity index (χ0v) is 18.6. The van der Waals surface area contributed by atoms with Crippen LogP contribution in [-0.2, 0) is 9.59 Å². The topological polar surface area (TPSA) is 74.6 Å². The number of carbonyl (C=O) groups is 2. The molecule has 1 rings (SSSR count). The summed E-state index contributed by atoms with van der Waals surface area (Å²) >= 11 is 0. The van der Waals surface area contributed by atoms with E-state index in [0.717, 1.165) is 44.9 Å². The molecule has 0 aromatic carbocycles. The number of carboxylic acids is 2. The molecule has 0 aromatic rings. The van der Waals surface area contributed by atoms with Crippen molar-refractivity contribution in [3.05, 3.63) is 24.3 Å². The van der Waals surface area contributed by atoms with E-state index in [-0.39, 0.29) is 0 Å². The van der Waals surface area contributed by atoms with Crippen molar-refractivity contribution in [2.24, 2.45) is 10.8 Å². The molecule has 0 amide bonds. The lowest BCUT2D eigenvalue weighted by Crippen LogP contribution is -2.51. The first kappa shape index (κ1) is 25.5. The summed E-state index contributed by atoms with van der Waals surface area (Å²) in [6, 6.07) is 0. The van der Waals surface area contributed by atoms with Gasteiger partial charge in [-0.3, -0.25) is 9.59 Å². The molecule has 0 radical (unpaired) electrons. The SMILES string of the molecule is CCCCCCCCCC1(C(=O)O)C=CC=CC1(CCCCCCCC)C(=O)O. The number of hydrogen-bond acceptors (Lipinski definition) is 2. The number of unbranched alkanes of at least 4 members (excludes halogenated alkanes) is 11. The van der Waals surface area contributed by atoms with Gasteiger partial charge in [0.05, 0.1) is 0 Å². The monoisotopic (exact) mass is 406 g/mol. The van der Waals surface area contributed by atoms with Gasteiger partial charge in [-0.25, -0.2) is 0 Å². The maximum atomic E-state index is 12.4. The van der Waals surface area contributed by atoms with Crippen LogP contribution in [0.5, 0.6) is 0 Å². The third kappa shape index (κ3) is 7.01. The van der Waals surface area contributed by atoms with Crippen molar-refractivity contribution in [2.45, 2.75) is 110 Å². The summed E-state index contributed by atoms with van der Waals surface area (Å²) in [6.45, 7) is 4.36. The van der Waals surface area contributed by atoms with E-state index in [0.29, 0.717) is 12.8 Å². The van der Waals surface area contributed by atoms with E-state index in [1.54, 1.807) is 24.3 Å². The first-order valence-corrected chi connectivity index (χ1v) is 11.8. The summed E-state index contributed by atoms with van der Waals surface area (Å²) in [6.07, 6.45) is 21.5. The van der Waals surface area contributed by atoms with Crippen LogP contribution >= 0.6 is 0 Å². The molecule has 0 aliphatic heterocycles. The van der Waals surface area contributed by atoms with Crippen LogP contribution in [-0.4, -0.2) is 22.2 Å². The molecule has 2 atom stereocenters. The Morgan fingerprint density at radius 1 is 0.586 bits per heavy atom. The van der Waals surface area contributed by atoms with E-state index in [4.69, 9.17) is 0 Å². The summed E-state index contributed by atoms with van der Waals surface area (Å²) in [5.41, 5.74) is -2.69. The summed E-state index contributed by atoms with van der Waals surface area (Å²) in [5, 5.41) is 20.3. The predicted octanol–water partition coefficient (Wildman–Crippen LogP) is 7.15. The van der Waals surface area contributed by atoms with Crippen LogP contribution in [0.4, 0.5) is 0 Å². The van der Waals surface area contributed by atoms with Gasteiger partial charge in [0.25, 0.3) is 0 Å². The fourth-order valence-corrected chi connectivity index (χ4v) is 4.63. The second-order valence-corrected chi connectivity index (χ2v) is 8.66. The van der Waals surface area contributed by atoms with Crippen molar-refractivity contribution in [1.29, 1.82) is 0 Å². The minimum absolute atomic E-state index is 0.387. The number of allylic oxidation sites excluding steroid dienone is 2. The first-order valence-electron chi connectivity index (χ1n) is 11.8. The summed E-state index contributed by atoms with van der Waals surface area (Å²) in [4.78, 5) is 24.8. The van der Waals surface area contributed by atoms with Crippen LogP contribution in [0.3, 0.4) is 0 Å². The molecule has 4 heteroatoms. The Labute approximate surface area is 177 Å². The van der Waals surface area contributed by atoms with Gasteiger partial charge in [0, 0.05) is 0 Å². The molecule has 1 aliphatic carbocycles. The van der Waals surface area contributed by atoms with Gasteiger partial charge in [-0.1, -0.05) is 122 Å². The minimum Gasteiger partial charge on any atom is -0.481 e. The molecule has 0 bridgehead atoms. The Morgan fingerprint density at radius 3 is 1.21 bits per heavy atom. The van der Waals surface area contributed by atoms with Crippen LogP contribution < -0.4 is 0 Å². The number of hydrogen-bond donors (Lipinski definition) is 2. The lowest BCUT2D eigenvalue weighted by atomic mass is 9.57. The highest BCUT2D eigenvalue weighted by Gasteiger charge is 2.58. The fraction of sp³-hybridized carbons (Fsp3) is 0.760. The van der Waals surface area contributed by atoms with Gasteiger partial charge in [-0.05, 0) is 12.8 Å². The third-order valence-corrected chi connectivity index (χ3v) is 6.53. The molecule has 0 aromatic heterocycles. The molecule has 2 N–H and O–H groups in total. The molecular weight excluding hydrogens is 364 g/mol. The van der Waals surface area contributed by atoms with Gasteiger partial charge in [-0.2, -0.15) is 0 Å². The number of rotatable bonds is 17. The zero-order valence-electron chi connectivity index (χ0n) is 18.6. The molecule has 0 fully saturated rings. The second kappa shape index (κ2) is 13.6. The van der Waals surface area contributed by atoms with Gasteiger partial charge in [-0.15, -0.1) is 0 Å². The molecular formula is C25H42O4. The van der Waals surface area contributed by atoms with E-state index in [1.165, 1.54) is 38.5 Å². The molecule has 0 heterocycles. The summed E-state index contributed by atoms with van der Waals surface area (Å²) in [5.74, 6) is -2.01. The van der Waals surface area contributed by atoms with Gasteiger partial charge in [0.1, 0.15) is 10.8 Å². The van der Waals surface area contributed by atoms with Crippen molar-refractivity contribution >= 4 is 11.9 Å². The average Bonchev–Trinajstić information content (AvgIpc) is 2.70. The predicted molar refractivity (Wildman–Crippen MR) is 119 cm³/mol. The average molecular weight is 407 g/mol. The molecule has 0 saturated carbocycles. The molecule has 0 saturated heterocycles. The molecule has 4 nitrogen and oxygen atoms in total. The van der Waals surface area contributed by atoms with Crippen molar-refractivity contribution in [2.75, 3.05) is 0 Å². The van der Waals surface area contributed by atoms with Crippen molar-refractivity contribution in [3.63, 3.8) is 0 Å². The van der Waals surface area contributed by atoms with Crippen LogP contribution in [0.15, 0.2) is 24.3 Å². The molecule has 29 heavy (non-hydrogen) atoms. The maximum Gasteiger partial charge on any atom is 0.315 e. The van der Waals surface area contributed by atoms with E-state index in [1.807, 2.05) is 0 Å². The molecule has 166 valence electrons. The standard InChI is InChI=1S/C25H42O4/c1-3-5-7-9-11-13-15-19-25(23(28)29)21-17-16-20-24(25,22(26)27)18-14-12-10-8-6-4-2/h16-17,20-21H,3-15,18-19H2,1-2H3,(H,26,27)(H,28,29). The summed E-state index contributed by atoms with van der Waals surface area (Å²) in [7, 11) is 0. The highest BCUT2D eigenvalue weighted by atomic mass is 16.4. The Balaban J connectivity index is 2.81. The Bertz CT molecular complexity index is 551. The Morgan fingerprint density at radius 2 is 0.897 bits per heavy atom. The van der Waals surface area contributed by atoms with Crippen molar-refractivity contribution < 1.29 is 19.8 Å². The highest BCUT2D eigenvalue weighted by molar-refractivity contribution is 5.90. The van der Waals surface area contributed by atoms with E-state index < -0.39 is 22.8 Å². The Hall–Kier alpha value is -1.58.